The van der Waals surface area contributed by atoms with Crippen molar-refractivity contribution in [1.82, 2.24) is 0 Å². The third kappa shape index (κ3) is 30.3. The Morgan fingerprint density at radius 2 is 1.22 bits per heavy atom. The number of quaternary nitrogens is 1. The molecule has 0 spiro atoms. The first kappa shape index (κ1) is 25.1. The molecule has 0 aliphatic heterocycles. The summed E-state index contributed by atoms with van der Waals surface area (Å²) in [6.45, 7) is 5.49. The maximum atomic E-state index is 9.73. The van der Waals surface area contributed by atoms with E-state index >= 15 is 0 Å². The third-order valence-electron chi connectivity index (χ3n) is 3.41. The monoisotopic (exact) mass is 353 g/mol. The Morgan fingerprint density at radius 3 is 1.61 bits per heavy atom. The SMILES string of the molecule is CCCCCCCCCC[N+](C)(C)C.CCCCOS(=O)(=O)[O-]. The van der Waals surface area contributed by atoms with Gasteiger partial charge in [-0.25, -0.2) is 8.42 Å². The summed E-state index contributed by atoms with van der Waals surface area (Å²) in [5.74, 6) is 0. The normalized spacial score (nSPS) is 11.9. The number of unbranched alkanes of at least 4 members (excludes halogenated alkanes) is 8. The lowest BCUT2D eigenvalue weighted by Crippen LogP contribution is -2.35. The van der Waals surface area contributed by atoms with Crippen molar-refractivity contribution in [3.63, 3.8) is 0 Å². The van der Waals surface area contributed by atoms with Crippen molar-refractivity contribution in [2.24, 2.45) is 0 Å². The summed E-state index contributed by atoms with van der Waals surface area (Å²) in [5.41, 5.74) is 0. The van der Waals surface area contributed by atoms with Gasteiger partial charge < -0.3 is 9.04 Å². The highest BCUT2D eigenvalue weighted by Gasteiger charge is 2.04. The Balaban J connectivity index is 0. The zero-order chi connectivity index (χ0) is 18.2. The molecule has 142 valence electrons. The number of hydrogen-bond donors (Lipinski definition) is 0. The lowest BCUT2D eigenvalue weighted by molar-refractivity contribution is -0.870. The summed E-state index contributed by atoms with van der Waals surface area (Å²) in [4.78, 5) is 0. The Kier molecular flexibility index (Phi) is 16.7. The average molecular weight is 354 g/mol. The van der Waals surface area contributed by atoms with Crippen molar-refractivity contribution in [2.75, 3.05) is 34.3 Å². The van der Waals surface area contributed by atoms with Crippen LogP contribution in [0.5, 0.6) is 0 Å². The molecule has 0 saturated heterocycles. The average Bonchev–Trinajstić information content (AvgIpc) is 2.40. The van der Waals surface area contributed by atoms with Crippen molar-refractivity contribution in [1.29, 1.82) is 0 Å². The van der Waals surface area contributed by atoms with Crippen LogP contribution >= 0.6 is 0 Å². The first-order chi connectivity index (χ1) is 10.6. The molecule has 0 aromatic heterocycles. The second kappa shape index (κ2) is 15.4. The second-order valence-electron chi connectivity index (χ2n) is 7.07. The molecule has 0 aromatic rings. The van der Waals surface area contributed by atoms with E-state index in [1.807, 2.05) is 6.92 Å². The Hall–Kier alpha value is -0.170. The fourth-order valence-corrected chi connectivity index (χ4v) is 2.35. The van der Waals surface area contributed by atoms with Crippen LogP contribution in [0.3, 0.4) is 0 Å². The summed E-state index contributed by atoms with van der Waals surface area (Å²) in [6, 6.07) is 0. The van der Waals surface area contributed by atoms with Crippen LogP contribution in [0.2, 0.25) is 0 Å². The van der Waals surface area contributed by atoms with Crippen molar-refractivity contribution in [3.8, 4) is 0 Å². The maximum absolute atomic E-state index is 9.73. The molecule has 0 fully saturated rings. The van der Waals surface area contributed by atoms with Crippen LogP contribution in [0.15, 0.2) is 0 Å². The van der Waals surface area contributed by atoms with E-state index in [0.717, 1.165) is 10.9 Å². The highest BCUT2D eigenvalue weighted by molar-refractivity contribution is 7.80. The van der Waals surface area contributed by atoms with Gasteiger partial charge in [-0.3, -0.25) is 4.18 Å². The van der Waals surface area contributed by atoms with E-state index in [9.17, 15) is 13.0 Å². The molecule has 0 aliphatic carbocycles. The molecule has 0 amide bonds. The molecule has 6 heteroatoms. The highest BCUT2D eigenvalue weighted by Crippen LogP contribution is 2.09. The predicted octanol–water partition coefficient (Wildman–Crippen LogP) is 4.10. The molecule has 0 saturated carbocycles. The van der Waals surface area contributed by atoms with Crippen molar-refractivity contribution < 1.29 is 21.6 Å². The Morgan fingerprint density at radius 1 is 0.783 bits per heavy atom. The van der Waals surface area contributed by atoms with Gasteiger partial charge in [-0.05, 0) is 19.3 Å². The fraction of sp³-hybridized carbons (Fsp3) is 1.00. The van der Waals surface area contributed by atoms with E-state index in [2.05, 4.69) is 32.2 Å². The topological polar surface area (TPSA) is 66.4 Å². The zero-order valence-electron chi connectivity index (χ0n) is 16.0. The zero-order valence-corrected chi connectivity index (χ0v) is 16.8. The highest BCUT2D eigenvalue weighted by atomic mass is 32.3. The maximum Gasteiger partial charge on any atom is 0.217 e. The molecule has 5 nitrogen and oxygen atoms in total. The number of hydrogen-bond acceptors (Lipinski definition) is 4. The summed E-state index contributed by atoms with van der Waals surface area (Å²) in [6.07, 6.45) is 12.8. The molecule has 0 aromatic carbocycles. The summed E-state index contributed by atoms with van der Waals surface area (Å²) < 4.78 is 34.2. The number of nitrogens with zero attached hydrogens (tertiary/aromatic N) is 1. The molecule has 0 rings (SSSR count). The lowest BCUT2D eigenvalue weighted by atomic mass is 10.1. The van der Waals surface area contributed by atoms with E-state index in [1.54, 1.807) is 0 Å². The van der Waals surface area contributed by atoms with E-state index in [-0.39, 0.29) is 6.61 Å². The second-order valence-corrected chi connectivity index (χ2v) is 8.12. The molecule has 0 unspecified atom stereocenters. The van der Waals surface area contributed by atoms with Gasteiger partial charge in [0.2, 0.25) is 10.4 Å². The molecular formula is C17H39NO4S. The molecule has 0 N–H and O–H groups in total. The van der Waals surface area contributed by atoms with Gasteiger partial charge in [-0.15, -0.1) is 0 Å². The van der Waals surface area contributed by atoms with Gasteiger partial charge in [0.25, 0.3) is 0 Å². The Bertz CT molecular complexity index is 337. The molecule has 0 aliphatic rings. The van der Waals surface area contributed by atoms with Gasteiger partial charge in [0.1, 0.15) is 0 Å². The van der Waals surface area contributed by atoms with Gasteiger partial charge >= 0.3 is 0 Å². The summed E-state index contributed by atoms with van der Waals surface area (Å²) >= 11 is 0. The van der Waals surface area contributed by atoms with Crippen LogP contribution in [0.1, 0.15) is 78.1 Å². The van der Waals surface area contributed by atoms with Gasteiger partial charge in [-0.2, -0.15) is 0 Å². The smallest absolute Gasteiger partial charge is 0.217 e. The third-order valence-corrected chi connectivity index (χ3v) is 3.86. The minimum atomic E-state index is -4.45. The quantitative estimate of drug-likeness (QED) is 0.216. The van der Waals surface area contributed by atoms with Crippen LogP contribution in [0, 0.1) is 0 Å². The van der Waals surface area contributed by atoms with Gasteiger partial charge in [0, 0.05) is 0 Å². The molecule has 0 bridgehead atoms. The van der Waals surface area contributed by atoms with Crippen LogP contribution in [0.25, 0.3) is 0 Å². The van der Waals surface area contributed by atoms with Crippen LogP contribution in [-0.2, 0) is 14.6 Å². The molecule has 0 radical (unpaired) electrons. The summed E-state index contributed by atoms with van der Waals surface area (Å²) in [5, 5.41) is 0. The van der Waals surface area contributed by atoms with Crippen LogP contribution in [-0.4, -0.2) is 51.7 Å². The summed E-state index contributed by atoms with van der Waals surface area (Å²) in [7, 11) is 2.39. The molecule has 0 heterocycles. The fourth-order valence-electron chi connectivity index (χ4n) is 2.03. The molecule has 23 heavy (non-hydrogen) atoms. The lowest BCUT2D eigenvalue weighted by Gasteiger charge is -2.23. The first-order valence-electron chi connectivity index (χ1n) is 9.03. The van der Waals surface area contributed by atoms with Crippen molar-refractivity contribution in [2.45, 2.75) is 78.1 Å². The minimum absolute atomic E-state index is 0.00231. The van der Waals surface area contributed by atoms with Crippen LogP contribution < -0.4 is 0 Å². The van der Waals surface area contributed by atoms with E-state index in [4.69, 9.17) is 0 Å². The molecular weight excluding hydrogens is 314 g/mol. The Labute approximate surface area is 145 Å². The predicted molar refractivity (Wildman–Crippen MR) is 96.1 cm³/mol. The van der Waals surface area contributed by atoms with Crippen molar-refractivity contribution in [3.05, 3.63) is 0 Å². The molecule has 0 atom stereocenters. The largest absolute Gasteiger partial charge is 0.726 e. The van der Waals surface area contributed by atoms with Crippen molar-refractivity contribution >= 4 is 10.4 Å². The van der Waals surface area contributed by atoms with E-state index in [0.29, 0.717) is 6.42 Å². The first-order valence-corrected chi connectivity index (χ1v) is 10.4. The van der Waals surface area contributed by atoms with Gasteiger partial charge in [0.05, 0.1) is 34.3 Å². The minimum Gasteiger partial charge on any atom is -0.726 e. The van der Waals surface area contributed by atoms with Crippen LogP contribution in [0.4, 0.5) is 0 Å². The standard InChI is InChI=1S/C13H30N.C4H10O4S/c1-5-6-7-8-9-10-11-12-13-14(2,3)4;1-2-3-4-8-9(5,6)7/h5-13H2,1-4H3;2-4H2,1H3,(H,5,6,7)/q+1;/p-1. The van der Waals surface area contributed by atoms with Gasteiger partial charge in [0.15, 0.2) is 0 Å². The van der Waals surface area contributed by atoms with Gasteiger partial charge in [-0.1, -0.05) is 58.8 Å². The van der Waals surface area contributed by atoms with E-state index < -0.39 is 10.4 Å². The number of rotatable bonds is 13. The van der Waals surface area contributed by atoms with E-state index in [1.165, 1.54) is 57.9 Å².